The number of nitrogens with one attached hydrogen (secondary N) is 1. The predicted octanol–water partition coefficient (Wildman–Crippen LogP) is 3.77. The van der Waals surface area contributed by atoms with E-state index in [1.165, 1.54) is 0 Å². The summed E-state index contributed by atoms with van der Waals surface area (Å²) in [5, 5.41) is 3.37. The lowest BCUT2D eigenvalue weighted by molar-refractivity contribution is 0.414. The predicted molar refractivity (Wildman–Crippen MR) is 77.0 cm³/mol. The van der Waals surface area contributed by atoms with Crippen molar-refractivity contribution in [2.24, 2.45) is 0 Å². The van der Waals surface area contributed by atoms with E-state index >= 15 is 0 Å². The number of ether oxygens (including phenoxy) is 1. The number of pyridine rings is 1. The van der Waals surface area contributed by atoms with Crippen molar-refractivity contribution in [1.29, 1.82) is 0 Å². The molecule has 0 saturated carbocycles. The molecule has 18 heavy (non-hydrogen) atoms. The molecule has 1 heterocycles. The van der Waals surface area contributed by atoms with Crippen LogP contribution in [0.2, 0.25) is 0 Å². The molecule has 0 amide bonds. The monoisotopic (exact) mass is 306 g/mol. The number of aryl methyl sites for hydroxylation is 1. The van der Waals surface area contributed by atoms with Gasteiger partial charge in [0.2, 0.25) is 0 Å². The van der Waals surface area contributed by atoms with Crippen LogP contribution in [0.25, 0.3) is 0 Å². The van der Waals surface area contributed by atoms with Crippen molar-refractivity contribution in [2.45, 2.75) is 13.5 Å². The van der Waals surface area contributed by atoms with Crippen LogP contribution in [0, 0.1) is 6.92 Å². The Morgan fingerprint density at radius 1 is 1.33 bits per heavy atom. The van der Waals surface area contributed by atoms with Crippen molar-refractivity contribution >= 4 is 21.6 Å². The Morgan fingerprint density at radius 3 is 2.89 bits per heavy atom. The van der Waals surface area contributed by atoms with E-state index in [0.29, 0.717) is 0 Å². The molecule has 2 rings (SSSR count). The average Bonchev–Trinajstić information content (AvgIpc) is 2.39. The molecule has 1 N–H and O–H groups in total. The normalized spacial score (nSPS) is 10.2. The van der Waals surface area contributed by atoms with Gasteiger partial charge in [0.1, 0.15) is 5.75 Å². The Bertz CT molecular complexity index is 543. The number of rotatable bonds is 4. The second kappa shape index (κ2) is 5.87. The van der Waals surface area contributed by atoms with E-state index in [9.17, 15) is 0 Å². The first-order chi connectivity index (χ1) is 8.70. The highest BCUT2D eigenvalue weighted by Crippen LogP contribution is 2.23. The summed E-state index contributed by atoms with van der Waals surface area (Å²) < 4.78 is 6.29. The maximum atomic E-state index is 5.22. The molecular formula is C14H15BrN2O. The maximum Gasteiger partial charge on any atom is 0.119 e. The minimum Gasteiger partial charge on any atom is -0.497 e. The van der Waals surface area contributed by atoms with Gasteiger partial charge < -0.3 is 10.1 Å². The van der Waals surface area contributed by atoms with Crippen molar-refractivity contribution < 1.29 is 4.74 Å². The van der Waals surface area contributed by atoms with Crippen LogP contribution in [-0.2, 0) is 6.54 Å². The zero-order valence-electron chi connectivity index (χ0n) is 10.4. The Hall–Kier alpha value is -1.55. The van der Waals surface area contributed by atoms with Crippen molar-refractivity contribution in [3.63, 3.8) is 0 Å². The molecule has 0 spiro atoms. The number of hydrogen-bond acceptors (Lipinski definition) is 3. The number of hydrogen-bond donors (Lipinski definition) is 1. The summed E-state index contributed by atoms with van der Waals surface area (Å²) in [6.07, 6.45) is 1.79. The van der Waals surface area contributed by atoms with Crippen LogP contribution in [-0.4, -0.2) is 12.1 Å². The number of anilines is 1. The van der Waals surface area contributed by atoms with Crippen LogP contribution >= 0.6 is 15.9 Å². The molecule has 94 valence electrons. The Morgan fingerprint density at radius 2 is 2.17 bits per heavy atom. The fourth-order valence-corrected chi connectivity index (χ4v) is 2.06. The van der Waals surface area contributed by atoms with Crippen LogP contribution in [0.4, 0.5) is 5.69 Å². The van der Waals surface area contributed by atoms with Crippen LogP contribution in [0.1, 0.15) is 11.3 Å². The molecule has 2 aromatic rings. The first-order valence-electron chi connectivity index (χ1n) is 5.68. The van der Waals surface area contributed by atoms with Crippen molar-refractivity contribution in [3.8, 4) is 5.75 Å². The van der Waals surface area contributed by atoms with Gasteiger partial charge in [0, 0.05) is 17.2 Å². The van der Waals surface area contributed by atoms with Crippen LogP contribution in [0.15, 0.2) is 41.0 Å². The largest absolute Gasteiger partial charge is 0.497 e. The minimum atomic E-state index is 0.727. The first-order valence-corrected chi connectivity index (χ1v) is 6.48. The summed E-state index contributed by atoms with van der Waals surface area (Å²) in [4.78, 5) is 4.25. The first kappa shape index (κ1) is 12.9. The second-order valence-electron chi connectivity index (χ2n) is 3.95. The molecule has 0 unspecified atom stereocenters. The fraction of sp³-hybridized carbons (Fsp3) is 0.214. The number of methoxy groups -OCH3 is 1. The number of aromatic nitrogens is 1. The van der Waals surface area contributed by atoms with E-state index in [1.54, 1.807) is 13.3 Å². The van der Waals surface area contributed by atoms with Crippen LogP contribution < -0.4 is 10.1 Å². The quantitative estimate of drug-likeness (QED) is 0.933. The topological polar surface area (TPSA) is 34.1 Å². The highest BCUT2D eigenvalue weighted by Gasteiger charge is 2.03. The van der Waals surface area contributed by atoms with Gasteiger partial charge in [-0.1, -0.05) is 15.9 Å². The Labute approximate surface area is 115 Å². The third-order valence-electron chi connectivity index (χ3n) is 2.73. The van der Waals surface area contributed by atoms with Gasteiger partial charge in [-0.2, -0.15) is 0 Å². The second-order valence-corrected chi connectivity index (χ2v) is 4.80. The molecule has 0 saturated heterocycles. The molecule has 0 aliphatic rings. The smallest absolute Gasteiger partial charge is 0.119 e. The van der Waals surface area contributed by atoms with Crippen LogP contribution in [0.5, 0.6) is 5.75 Å². The standard InChI is InChI=1S/C14H15BrN2O/c1-10-14(4-3-7-16-10)17-9-11-8-12(18-2)5-6-13(11)15/h3-8,17H,9H2,1-2H3. The summed E-state index contributed by atoms with van der Waals surface area (Å²) >= 11 is 3.54. The van der Waals surface area contributed by atoms with Crippen LogP contribution in [0.3, 0.4) is 0 Å². The molecule has 0 aliphatic heterocycles. The molecular weight excluding hydrogens is 292 g/mol. The highest BCUT2D eigenvalue weighted by atomic mass is 79.9. The SMILES string of the molecule is COc1ccc(Br)c(CNc2cccnc2C)c1. The van der Waals surface area contributed by atoms with Gasteiger partial charge in [0.05, 0.1) is 18.5 Å². The molecule has 0 atom stereocenters. The lowest BCUT2D eigenvalue weighted by atomic mass is 10.2. The van der Waals surface area contributed by atoms with E-state index in [1.807, 2.05) is 37.3 Å². The van der Waals surface area contributed by atoms with Gasteiger partial charge in [-0.25, -0.2) is 0 Å². The van der Waals surface area contributed by atoms with Gasteiger partial charge >= 0.3 is 0 Å². The van der Waals surface area contributed by atoms with Gasteiger partial charge in [-0.3, -0.25) is 4.98 Å². The Kier molecular flexibility index (Phi) is 4.20. The third kappa shape index (κ3) is 3.01. The molecule has 1 aromatic carbocycles. The van der Waals surface area contributed by atoms with Gasteiger partial charge in [-0.15, -0.1) is 0 Å². The Balaban J connectivity index is 2.13. The number of halogens is 1. The highest BCUT2D eigenvalue weighted by molar-refractivity contribution is 9.10. The summed E-state index contributed by atoms with van der Waals surface area (Å²) in [7, 11) is 1.67. The average molecular weight is 307 g/mol. The third-order valence-corrected chi connectivity index (χ3v) is 3.50. The molecule has 0 aliphatic carbocycles. The van der Waals surface area contributed by atoms with Gasteiger partial charge in [0.15, 0.2) is 0 Å². The number of benzene rings is 1. The zero-order chi connectivity index (χ0) is 13.0. The van der Waals surface area contributed by atoms with E-state index < -0.39 is 0 Å². The lowest BCUT2D eigenvalue weighted by Gasteiger charge is -2.11. The van der Waals surface area contributed by atoms with Crippen molar-refractivity contribution in [1.82, 2.24) is 4.98 Å². The van der Waals surface area contributed by atoms with E-state index in [2.05, 4.69) is 26.2 Å². The molecule has 1 aromatic heterocycles. The summed E-state index contributed by atoms with van der Waals surface area (Å²) in [5.41, 5.74) is 3.20. The minimum absolute atomic E-state index is 0.727. The summed E-state index contributed by atoms with van der Waals surface area (Å²) in [6, 6.07) is 9.89. The summed E-state index contributed by atoms with van der Waals surface area (Å²) in [5.74, 6) is 0.859. The fourth-order valence-electron chi connectivity index (χ4n) is 1.68. The molecule has 0 bridgehead atoms. The zero-order valence-corrected chi connectivity index (χ0v) is 12.0. The van der Waals surface area contributed by atoms with E-state index in [-0.39, 0.29) is 0 Å². The van der Waals surface area contributed by atoms with Gasteiger partial charge in [-0.05, 0) is 42.8 Å². The number of nitrogens with zero attached hydrogens (tertiary/aromatic N) is 1. The van der Waals surface area contributed by atoms with E-state index in [4.69, 9.17) is 4.74 Å². The van der Waals surface area contributed by atoms with Gasteiger partial charge in [0.25, 0.3) is 0 Å². The summed E-state index contributed by atoms with van der Waals surface area (Å²) in [6.45, 7) is 2.72. The molecule has 4 heteroatoms. The van der Waals surface area contributed by atoms with Crippen molar-refractivity contribution in [2.75, 3.05) is 12.4 Å². The van der Waals surface area contributed by atoms with Crippen molar-refractivity contribution in [3.05, 3.63) is 52.3 Å². The lowest BCUT2D eigenvalue weighted by Crippen LogP contribution is -2.02. The van der Waals surface area contributed by atoms with E-state index in [0.717, 1.165) is 33.7 Å². The molecule has 0 radical (unpaired) electrons. The molecule has 0 fully saturated rings. The molecule has 3 nitrogen and oxygen atoms in total. The maximum absolute atomic E-state index is 5.22.